The Bertz CT molecular complexity index is 911. The van der Waals surface area contributed by atoms with Crippen LogP contribution in [-0.2, 0) is 19.7 Å². The Morgan fingerprint density at radius 3 is 2.65 bits per heavy atom. The third-order valence-electron chi connectivity index (χ3n) is 4.05. The molecule has 1 aromatic carbocycles. The van der Waals surface area contributed by atoms with Gasteiger partial charge in [0.1, 0.15) is 29.6 Å². The van der Waals surface area contributed by atoms with Crippen LogP contribution in [0.2, 0.25) is 0 Å². The third-order valence-corrected chi connectivity index (χ3v) is 4.05. The summed E-state index contributed by atoms with van der Waals surface area (Å²) in [5.41, 5.74) is 1.20. The average molecular weight is 353 g/mol. The fraction of sp³-hybridized carbons (Fsp3) is 0.222. The van der Waals surface area contributed by atoms with Gasteiger partial charge >= 0.3 is 0 Å². The average Bonchev–Trinajstić information content (AvgIpc) is 3.09. The minimum Gasteiger partial charge on any atom is -0.487 e. The van der Waals surface area contributed by atoms with E-state index in [1.165, 1.54) is 0 Å². The smallest absolute Gasteiger partial charge is 0.272 e. The van der Waals surface area contributed by atoms with Crippen LogP contribution >= 0.6 is 0 Å². The monoisotopic (exact) mass is 353 g/mol. The third kappa shape index (κ3) is 3.39. The number of ether oxygens (including phenoxy) is 1. The predicted molar refractivity (Wildman–Crippen MR) is 89.7 cm³/mol. The van der Waals surface area contributed by atoms with Gasteiger partial charge in [0.15, 0.2) is 5.82 Å². The molecule has 132 valence electrons. The van der Waals surface area contributed by atoms with E-state index in [-0.39, 0.29) is 12.5 Å². The lowest BCUT2D eigenvalue weighted by molar-refractivity contribution is 0.0678. The van der Waals surface area contributed by atoms with E-state index in [0.717, 1.165) is 18.1 Å². The summed E-state index contributed by atoms with van der Waals surface area (Å²) in [5, 5.41) is 4.43. The van der Waals surface area contributed by atoms with E-state index in [0.29, 0.717) is 36.9 Å². The molecule has 3 aromatic rings. The molecule has 26 heavy (non-hydrogen) atoms. The fourth-order valence-corrected chi connectivity index (χ4v) is 2.78. The van der Waals surface area contributed by atoms with Gasteiger partial charge in [-0.3, -0.25) is 9.48 Å². The molecule has 0 aliphatic carbocycles. The SMILES string of the molecule is O=C1c2cc(COc3ccccc3)nn2CCN1Cc1ncc(F)cn1. The van der Waals surface area contributed by atoms with E-state index >= 15 is 0 Å². The molecular weight excluding hydrogens is 337 g/mol. The molecule has 1 aliphatic rings. The molecule has 4 rings (SSSR count). The molecule has 0 saturated heterocycles. The van der Waals surface area contributed by atoms with E-state index in [9.17, 15) is 9.18 Å². The van der Waals surface area contributed by atoms with Crippen molar-refractivity contribution >= 4 is 5.91 Å². The predicted octanol–water partition coefficient (Wildman–Crippen LogP) is 2.05. The van der Waals surface area contributed by atoms with E-state index in [1.54, 1.807) is 15.6 Å². The summed E-state index contributed by atoms with van der Waals surface area (Å²) in [6.07, 6.45) is 2.19. The highest BCUT2D eigenvalue weighted by Crippen LogP contribution is 2.17. The fourth-order valence-electron chi connectivity index (χ4n) is 2.78. The molecule has 2 aromatic heterocycles. The van der Waals surface area contributed by atoms with E-state index in [4.69, 9.17) is 4.74 Å². The zero-order valence-corrected chi connectivity index (χ0v) is 13.9. The van der Waals surface area contributed by atoms with Gasteiger partial charge in [0.05, 0.1) is 25.5 Å². The van der Waals surface area contributed by atoms with Crippen molar-refractivity contribution < 1.29 is 13.9 Å². The Labute approximate surface area is 149 Å². The molecule has 3 heterocycles. The van der Waals surface area contributed by atoms with Crippen LogP contribution < -0.4 is 4.74 Å². The number of para-hydroxylation sites is 1. The van der Waals surface area contributed by atoms with E-state index in [1.807, 2.05) is 30.3 Å². The van der Waals surface area contributed by atoms with Crippen LogP contribution in [0.15, 0.2) is 48.8 Å². The molecule has 0 atom stereocenters. The Kier molecular flexibility index (Phi) is 4.30. The van der Waals surface area contributed by atoms with Crippen LogP contribution in [0.3, 0.4) is 0 Å². The van der Waals surface area contributed by atoms with Gasteiger partial charge in [-0.15, -0.1) is 0 Å². The number of hydrogen-bond donors (Lipinski definition) is 0. The molecule has 0 unspecified atom stereocenters. The highest BCUT2D eigenvalue weighted by Gasteiger charge is 2.27. The van der Waals surface area contributed by atoms with Crippen molar-refractivity contribution in [2.45, 2.75) is 19.7 Å². The number of amides is 1. The maximum absolute atomic E-state index is 12.9. The summed E-state index contributed by atoms with van der Waals surface area (Å²) < 4.78 is 20.3. The largest absolute Gasteiger partial charge is 0.487 e. The number of aromatic nitrogens is 4. The lowest BCUT2D eigenvalue weighted by atomic mass is 10.2. The van der Waals surface area contributed by atoms with Gasteiger partial charge in [-0.25, -0.2) is 14.4 Å². The highest BCUT2D eigenvalue weighted by atomic mass is 19.1. The lowest BCUT2D eigenvalue weighted by Gasteiger charge is -2.26. The molecule has 0 spiro atoms. The van der Waals surface area contributed by atoms with Crippen LogP contribution in [0.5, 0.6) is 5.75 Å². The Hall–Kier alpha value is -3.29. The maximum Gasteiger partial charge on any atom is 0.272 e. The molecule has 8 heteroatoms. The van der Waals surface area contributed by atoms with Crippen molar-refractivity contribution in [1.29, 1.82) is 0 Å². The summed E-state index contributed by atoms with van der Waals surface area (Å²) in [4.78, 5) is 22.1. The van der Waals surface area contributed by atoms with Crippen molar-refractivity contribution in [2.24, 2.45) is 0 Å². The summed E-state index contributed by atoms with van der Waals surface area (Å²) in [6, 6.07) is 11.2. The van der Waals surface area contributed by atoms with Gasteiger partial charge in [-0.2, -0.15) is 5.10 Å². The Morgan fingerprint density at radius 2 is 1.88 bits per heavy atom. The van der Waals surface area contributed by atoms with Gasteiger partial charge in [-0.05, 0) is 18.2 Å². The van der Waals surface area contributed by atoms with E-state index in [2.05, 4.69) is 15.1 Å². The topological polar surface area (TPSA) is 73.1 Å². The number of benzene rings is 1. The normalized spacial score (nSPS) is 13.6. The summed E-state index contributed by atoms with van der Waals surface area (Å²) in [5.74, 6) is 0.503. The van der Waals surface area contributed by atoms with Crippen molar-refractivity contribution in [3.63, 3.8) is 0 Å². The van der Waals surface area contributed by atoms with E-state index < -0.39 is 5.82 Å². The lowest BCUT2D eigenvalue weighted by Crippen LogP contribution is -2.40. The number of halogens is 1. The van der Waals surface area contributed by atoms with Crippen LogP contribution in [0.25, 0.3) is 0 Å². The van der Waals surface area contributed by atoms with Crippen molar-refractivity contribution in [1.82, 2.24) is 24.6 Å². The Morgan fingerprint density at radius 1 is 1.12 bits per heavy atom. The first kappa shape index (κ1) is 16.2. The molecule has 0 bridgehead atoms. The zero-order valence-electron chi connectivity index (χ0n) is 13.9. The number of nitrogens with zero attached hydrogens (tertiary/aromatic N) is 5. The first-order valence-electron chi connectivity index (χ1n) is 8.19. The molecule has 0 fully saturated rings. The van der Waals surface area contributed by atoms with Crippen LogP contribution in [0.1, 0.15) is 22.0 Å². The second-order valence-corrected chi connectivity index (χ2v) is 5.89. The molecule has 0 saturated carbocycles. The number of hydrogen-bond acceptors (Lipinski definition) is 5. The molecule has 1 amide bonds. The number of rotatable bonds is 5. The molecule has 0 N–H and O–H groups in total. The molecule has 1 aliphatic heterocycles. The van der Waals surface area contributed by atoms with Crippen molar-refractivity contribution in [3.8, 4) is 5.75 Å². The molecule has 0 radical (unpaired) electrons. The summed E-state index contributed by atoms with van der Waals surface area (Å²) >= 11 is 0. The first-order valence-corrected chi connectivity index (χ1v) is 8.19. The zero-order chi connectivity index (χ0) is 17.9. The summed E-state index contributed by atoms with van der Waals surface area (Å²) in [6.45, 7) is 1.60. The highest BCUT2D eigenvalue weighted by molar-refractivity contribution is 5.93. The molecule has 7 nitrogen and oxygen atoms in total. The van der Waals surface area contributed by atoms with Crippen LogP contribution in [-0.4, -0.2) is 37.1 Å². The van der Waals surface area contributed by atoms with Gasteiger partial charge < -0.3 is 9.64 Å². The summed E-state index contributed by atoms with van der Waals surface area (Å²) in [7, 11) is 0. The van der Waals surface area contributed by atoms with Gasteiger partial charge in [0.25, 0.3) is 5.91 Å². The standard InChI is InChI=1S/C18H16FN5O2/c19-13-9-20-17(21-10-13)11-23-6-7-24-16(18(23)25)8-14(22-24)12-26-15-4-2-1-3-5-15/h1-5,8-10H,6-7,11-12H2. The maximum atomic E-state index is 12.9. The van der Waals surface area contributed by atoms with Crippen molar-refractivity contribution in [3.05, 3.63) is 71.8 Å². The Balaban J connectivity index is 1.44. The number of carbonyl (C=O) groups is 1. The quantitative estimate of drug-likeness (QED) is 0.702. The number of fused-ring (bicyclic) bond motifs is 1. The second kappa shape index (κ2) is 6.91. The van der Waals surface area contributed by atoms with Gasteiger partial charge in [0.2, 0.25) is 0 Å². The minimum atomic E-state index is -0.500. The van der Waals surface area contributed by atoms with Gasteiger partial charge in [-0.1, -0.05) is 18.2 Å². The molecular formula is C18H16FN5O2. The first-order chi connectivity index (χ1) is 12.7. The second-order valence-electron chi connectivity index (χ2n) is 5.89. The van der Waals surface area contributed by atoms with Crippen molar-refractivity contribution in [2.75, 3.05) is 6.54 Å². The number of carbonyl (C=O) groups excluding carboxylic acids is 1. The van der Waals surface area contributed by atoms with Gasteiger partial charge in [0, 0.05) is 6.54 Å². The van der Waals surface area contributed by atoms with Crippen LogP contribution in [0.4, 0.5) is 4.39 Å². The van der Waals surface area contributed by atoms with Crippen LogP contribution in [0, 0.1) is 5.82 Å². The minimum absolute atomic E-state index is 0.150.